The summed E-state index contributed by atoms with van der Waals surface area (Å²) in [6.45, 7) is 0.472. The summed E-state index contributed by atoms with van der Waals surface area (Å²) >= 11 is 1.63. The summed E-state index contributed by atoms with van der Waals surface area (Å²) in [6, 6.07) is 6.51. The van der Waals surface area contributed by atoms with Gasteiger partial charge in [0.25, 0.3) is 5.56 Å². The number of methoxy groups -OCH3 is 3. The molecular formula is C18H21N3O5S. The number of amides is 1. The molecule has 0 spiro atoms. The third kappa shape index (κ3) is 3.87. The summed E-state index contributed by atoms with van der Waals surface area (Å²) in [7, 11) is 4.69. The van der Waals surface area contributed by atoms with Gasteiger partial charge in [-0.1, -0.05) is 0 Å². The molecule has 1 aliphatic heterocycles. The highest BCUT2D eigenvalue weighted by molar-refractivity contribution is 7.99. The van der Waals surface area contributed by atoms with Gasteiger partial charge in [-0.25, -0.2) is 4.68 Å². The average Bonchev–Trinajstić information content (AvgIpc) is 3.18. The smallest absolute Gasteiger partial charge is 0.267 e. The van der Waals surface area contributed by atoms with Gasteiger partial charge in [0.15, 0.2) is 11.5 Å². The lowest BCUT2D eigenvalue weighted by molar-refractivity contribution is -0.132. The summed E-state index contributed by atoms with van der Waals surface area (Å²) in [5.41, 5.74) is 0.511. The van der Waals surface area contributed by atoms with Crippen molar-refractivity contribution in [3.05, 3.63) is 46.4 Å². The number of carbonyl (C=O) groups is 1. The Hall–Kier alpha value is -2.68. The van der Waals surface area contributed by atoms with E-state index in [1.54, 1.807) is 50.1 Å². The van der Waals surface area contributed by atoms with Crippen molar-refractivity contribution in [1.29, 1.82) is 0 Å². The van der Waals surface area contributed by atoms with Crippen LogP contribution < -0.4 is 19.8 Å². The second-order valence-electron chi connectivity index (χ2n) is 5.78. The van der Waals surface area contributed by atoms with E-state index in [1.807, 2.05) is 6.07 Å². The van der Waals surface area contributed by atoms with E-state index in [2.05, 4.69) is 5.10 Å². The van der Waals surface area contributed by atoms with Crippen molar-refractivity contribution in [2.75, 3.05) is 33.6 Å². The molecule has 1 aromatic heterocycles. The van der Waals surface area contributed by atoms with Gasteiger partial charge < -0.3 is 19.1 Å². The number of carbonyl (C=O) groups excluding carboxylic acids is 1. The minimum Gasteiger partial charge on any atom is -0.496 e. The van der Waals surface area contributed by atoms with Crippen molar-refractivity contribution in [3.8, 4) is 17.2 Å². The first kappa shape index (κ1) is 19.1. The van der Waals surface area contributed by atoms with E-state index >= 15 is 0 Å². The largest absolute Gasteiger partial charge is 0.496 e. The highest BCUT2D eigenvalue weighted by Gasteiger charge is 2.33. The standard InChI is InChI=1S/C18H21N3O5S/c1-24-13-10-15(26-3)14(25-2)9-12(13)18-20(7-8-27-18)17(23)11-21-16(22)5-4-6-19-21/h4-6,9-10,18H,7-8,11H2,1-3H3. The molecule has 0 N–H and O–H groups in total. The van der Waals surface area contributed by atoms with E-state index in [-0.39, 0.29) is 23.4 Å². The summed E-state index contributed by atoms with van der Waals surface area (Å²) in [5.74, 6) is 2.33. The third-order valence-corrected chi connectivity index (χ3v) is 5.53. The Kier molecular flexibility index (Phi) is 5.90. The van der Waals surface area contributed by atoms with E-state index in [4.69, 9.17) is 14.2 Å². The lowest BCUT2D eigenvalue weighted by atomic mass is 10.1. The predicted molar refractivity (Wildman–Crippen MR) is 102 cm³/mol. The Morgan fingerprint density at radius 3 is 2.56 bits per heavy atom. The van der Waals surface area contributed by atoms with Crippen LogP contribution in [0.15, 0.2) is 35.3 Å². The Morgan fingerprint density at radius 2 is 1.89 bits per heavy atom. The SMILES string of the molecule is COc1cc(OC)c(C2SCCN2C(=O)Cn2ncccc2=O)cc1OC. The first-order chi connectivity index (χ1) is 13.1. The molecule has 2 heterocycles. The number of nitrogens with zero attached hydrogens (tertiary/aromatic N) is 3. The molecule has 0 aliphatic carbocycles. The monoisotopic (exact) mass is 391 g/mol. The fraction of sp³-hybridized carbons (Fsp3) is 0.389. The average molecular weight is 391 g/mol. The number of thioether (sulfide) groups is 1. The van der Waals surface area contributed by atoms with Gasteiger partial charge in [-0.05, 0) is 12.1 Å². The van der Waals surface area contributed by atoms with Gasteiger partial charge in [-0.2, -0.15) is 5.10 Å². The quantitative estimate of drug-likeness (QED) is 0.739. The molecule has 2 aromatic rings. The van der Waals surface area contributed by atoms with Crippen molar-refractivity contribution >= 4 is 17.7 Å². The Labute approximate surface area is 161 Å². The lowest BCUT2D eigenvalue weighted by Gasteiger charge is -2.26. The number of rotatable bonds is 6. The highest BCUT2D eigenvalue weighted by atomic mass is 32.2. The summed E-state index contributed by atoms with van der Waals surface area (Å²) in [4.78, 5) is 26.4. The van der Waals surface area contributed by atoms with Crippen molar-refractivity contribution in [2.45, 2.75) is 11.9 Å². The van der Waals surface area contributed by atoms with Crippen LogP contribution in [-0.4, -0.2) is 54.2 Å². The van der Waals surface area contributed by atoms with E-state index in [1.165, 1.54) is 12.3 Å². The van der Waals surface area contributed by atoms with Gasteiger partial charge in [-0.3, -0.25) is 9.59 Å². The minimum atomic E-state index is -0.307. The molecule has 1 aliphatic rings. The number of hydrogen-bond acceptors (Lipinski definition) is 7. The van der Waals surface area contributed by atoms with Crippen LogP contribution in [0, 0.1) is 0 Å². The van der Waals surface area contributed by atoms with Crippen molar-refractivity contribution in [3.63, 3.8) is 0 Å². The van der Waals surface area contributed by atoms with Crippen LogP contribution in [0.25, 0.3) is 0 Å². The zero-order valence-corrected chi connectivity index (χ0v) is 16.2. The molecule has 1 amide bonds. The maximum absolute atomic E-state index is 12.8. The molecule has 1 aromatic carbocycles. The molecule has 0 bridgehead atoms. The van der Waals surface area contributed by atoms with Crippen LogP contribution in [0.3, 0.4) is 0 Å². The van der Waals surface area contributed by atoms with Gasteiger partial charge in [0, 0.05) is 36.2 Å². The number of benzene rings is 1. The van der Waals surface area contributed by atoms with Gasteiger partial charge in [0.05, 0.1) is 21.3 Å². The van der Waals surface area contributed by atoms with Gasteiger partial charge in [0.1, 0.15) is 17.7 Å². The molecule has 9 heteroatoms. The van der Waals surface area contributed by atoms with E-state index < -0.39 is 0 Å². The van der Waals surface area contributed by atoms with Gasteiger partial charge in [0.2, 0.25) is 5.91 Å². The molecule has 0 saturated carbocycles. The summed E-state index contributed by atoms with van der Waals surface area (Å²) in [5, 5.41) is 3.72. The first-order valence-corrected chi connectivity index (χ1v) is 9.37. The fourth-order valence-electron chi connectivity index (χ4n) is 2.95. The van der Waals surface area contributed by atoms with Crippen LogP contribution in [0.2, 0.25) is 0 Å². The number of ether oxygens (including phenoxy) is 3. The molecule has 144 valence electrons. The maximum Gasteiger partial charge on any atom is 0.267 e. The first-order valence-electron chi connectivity index (χ1n) is 8.32. The molecule has 1 atom stereocenters. The molecule has 27 heavy (non-hydrogen) atoms. The van der Waals surface area contributed by atoms with Crippen LogP contribution >= 0.6 is 11.8 Å². The Bertz CT molecular complexity index is 886. The van der Waals surface area contributed by atoms with Crippen LogP contribution in [0.5, 0.6) is 17.2 Å². The minimum absolute atomic E-state index is 0.105. The van der Waals surface area contributed by atoms with E-state index in [9.17, 15) is 9.59 Å². The molecule has 1 fully saturated rings. The molecular weight excluding hydrogens is 370 g/mol. The Morgan fingerprint density at radius 1 is 1.19 bits per heavy atom. The summed E-state index contributed by atoms with van der Waals surface area (Å²) < 4.78 is 17.4. The number of hydrogen-bond donors (Lipinski definition) is 0. The summed E-state index contributed by atoms with van der Waals surface area (Å²) in [6.07, 6.45) is 1.49. The number of aromatic nitrogens is 2. The van der Waals surface area contributed by atoms with Crippen molar-refractivity contribution in [1.82, 2.24) is 14.7 Å². The molecule has 8 nitrogen and oxygen atoms in total. The molecule has 1 unspecified atom stereocenters. The van der Waals surface area contributed by atoms with E-state index in [0.717, 1.165) is 16.0 Å². The third-order valence-electron chi connectivity index (χ3n) is 4.28. The van der Waals surface area contributed by atoms with Crippen molar-refractivity contribution < 1.29 is 19.0 Å². The molecule has 1 saturated heterocycles. The van der Waals surface area contributed by atoms with E-state index in [0.29, 0.717) is 23.8 Å². The second kappa shape index (κ2) is 8.34. The predicted octanol–water partition coefficient (Wildman–Crippen LogP) is 1.54. The van der Waals surface area contributed by atoms with Crippen molar-refractivity contribution in [2.24, 2.45) is 0 Å². The fourth-order valence-corrected chi connectivity index (χ4v) is 4.25. The van der Waals surface area contributed by atoms with Crippen LogP contribution in [0.4, 0.5) is 0 Å². The van der Waals surface area contributed by atoms with Crippen LogP contribution in [0.1, 0.15) is 10.9 Å². The maximum atomic E-state index is 12.8. The molecule has 3 rings (SSSR count). The van der Waals surface area contributed by atoms with Gasteiger partial charge >= 0.3 is 0 Å². The zero-order valence-electron chi connectivity index (χ0n) is 15.4. The lowest BCUT2D eigenvalue weighted by Crippen LogP contribution is -2.36. The second-order valence-corrected chi connectivity index (χ2v) is 6.97. The Balaban J connectivity index is 1.91. The molecule has 0 radical (unpaired) electrons. The highest BCUT2D eigenvalue weighted by Crippen LogP contribution is 2.46. The van der Waals surface area contributed by atoms with Crippen LogP contribution in [-0.2, 0) is 11.3 Å². The zero-order chi connectivity index (χ0) is 19.4. The normalized spacial score (nSPS) is 16.3. The topological polar surface area (TPSA) is 82.9 Å². The van der Waals surface area contributed by atoms with Gasteiger partial charge in [-0.15, -0.1) is 11.8 Å².